The standard InChI is InChI=1S/C27H38N4OS2/c1-6-10-26(34-24-12-8-7-11-19(24)4)23-15-21(32)16-30(23)20(5)27(18(2)3)31(29)17-22(28)25-13-9-14-33-25/h7-14,17-18,21,23,27,32H,5-6,15-16,28-29H2,1-4H3/b22-17-,26-10+. The molecular weight excluding hydrogens is 460 g/mol. The zero-order valence-electron chi connectivity index (χ0n) is 20.6. The average Bonchev–Trinajstić information content (AvgIpc) is 3.44. The monoisotopic (exact) mass is 498 g/mol. The SMILES string of the molecule is C=C(C(C(C)C)N(N)/C=C(\N)c1cccs1)N1CC(O)CC1/C(=C\CC)Sc1ccccc1C. The molecule has 0 amide bonds. The summed E-state index contributed by atoms with van der Waals surface area (Å²) in [4.78, 5) is 5.72. The number of β-amino-alcohol motifs (C(OH)–C–C–N with tert-alkyl or cyclic N) is 1. The molecule has 1 aromatic heterocycles. The summed E-state index contributed by atoms with van der Waals surface area (Å²) in [5, 5.41) is 14.4. The first kappa shape index (κ1) is 26.4. The van der Waals surface area contributed by atoms with Gasteiger partial charge >= 0.3 is 0 Å². The van der Waals surface area contributed by atoms with E-state index in [-0.39, 0.29) is 18.0 Å². The molecule has 1 fully saturated rings. The fourth-order valence-electron chi connectivity index (χ4n) is 4.46. The highest BCUT2D eigenvalue weighted by atomic mass is 32.2. The first-order chi connectivity index (χ1) is 16.2. The summed E-state index contributed by atoms with van der Waals surface area (Å²) < 4.78 is 0. The second kappa shape index (κ2) is 12.0. The summed E-state index contributed by atoms with van der Waals surface area (Å²) in [6.45, 7) is 13.6. The average molecular weight is 499 g/mol. The molecule has 3 rings (SSSR count). The van der Waals surface area contributed by atoms with Gasteiger partial charge in [-0.15, -0.1) is 11.3 Å². The van der Waals surface area contributed by atoms with Crippen LogP contribution in [0.3, 0.4) is 0 Å². The Bertz CT molecular complexity index is 1020. The number of rotatable bonds is 10. The van der Waals surface area contributed by atoms with E-state index in [1.165, 1.54) is 15.4 Å². The number of likely N-dealkylation sites (tertiary alicyclic amines) is 1. The van der Waals surface area contributed by atoms with Crippen LogP contribution >= 0.6 is 23.1 Å². The second-order valence-corrected chi connectivity index (χ2v) is 11.2. The number of hydrogen-bond donors (Lipinski definition) is 3. The van der Waals surface area contributed by atoms with Gasteiger partial charge in [0, 0.05) is 34.7 Å². The summed E-state index contributed by atoms with van der Waals surface area (Å²) in [6.07, 6.45) is 5.27. The lowest BCUT2D eigenvalue weighted by Gasteiger charge is -2.39. The Labute approximate surface area is 212 Å². The number of hydrogen-bond acceptors (Lipinski definition) is 7. The van der Waals surface area contributed by atoms with E-state index in [4.69, 9.17) is 11.6 Å². The Hall–Kier alpha value is -2.19. The van der Waals surface area contributed by atoms with Gasteiger partial charge in [-0.2, -0.15) is 0 Å². The van der Waals surface area contributed by atoms with E-state index in [0.29, 0.717) is 18.7 Å². The van der Waals surface area contributed by atoms with Gasteiger partial charge in [0.1, 0.15) is 0 Å². The molecule has 3 unspecified atom stereocenters. The number of nitrogens with zero attached hydrogens (tertiary/aromatic N) is 2. The Morgan fingerprint density at radius 3 is 2.68 bits per heavy atom. The van der Waals surface area contributed by atoms with Crippen LogP contribution in [-0.4, -0.2) is 39.7 Å². The van der Waals surface area contributed by atoms with Crippen molar-refractivity contribution in [3.63, 3.8) is 0 Å². The fraction of sp³-hybridized carbons (Fsp3) is 0.407. The topological polar surface area (TPSA) is 78.8 Å². The summed E-state index contributed by atoms with van der Waals surface area (Å²) in [6, 6.07) is 12.3. The van der Waals surface area contributed by atoms with Crippen molar-refractivity contribution in [2.75, 3.05) is 6.54 Å². The molecule has 1 aliphatic heterocycles. The normalized spacial score (nSPS) is 20.1. The van der Waals surface area contributed by atoms with E-state index in [9.17, 15) is 5.11 Å². The molecular formula is C27H38N4OS2. The smallest absolute Gasteiger partial charge is 0.0860 e. The van der Waals surface area contributed by atoms with E-state index in [1.807, 2.05) is 17.5 Å². The van der Waals surface area contributed by atoms with Crippen molar-refractivity contribution in [2.45, 2.75) is 63.6 Å². The van der Waals surface area contributed by atoms with Crippen molar-refractivity contribution in [3.8, 4) is 0 Å². The number of aliphatic hydroxyl groups excluding tert-OH is 1. The lowest BCUT2D eigenvalue weighted by molar-refractivity contribution is 0.168. The van der Waals surface area contributed by atoms with Crippen LogP contribution in [0.5, 0.6) is 0 Å². The summed E-state index contributed by atoms with van der Waals surface area (Å²) in [5.74, 6) is 6.76. The number of nitrogens with two attached hydrogens (primary N) is 2. The quantitative estimate of drug-likeness (QED) is 0.226. The molecule has 1 aromatic carbocycles. The molecule has 2 aromatic rings. The molecule has 0 saturated carbocycles. The van der Waals surface area contributed by atoms with Crippen molar-refractivity contribution in [1.82, 2.24) is 9.91 Å². The van der Waals surface area contributed by atoms with Crippen molar-refractivity contribution >= 4 is 28.8 Å². The van der Waals surface area contributed by atoms with Gasteiger partial charge < -0.3 is 20.7 Å². The zero-order chi connectivity index (χ0) is 24.8. The van der Waals surface area contributed by atoms with Crippen LogP contribution in [0.1, 0.15) is 44.1 Å². The molecule has 5 nitrogen and oxygen atoms in total. The minimum absolute atomic E-state index is 0.0559. The van der Waals surface area contributed by atoms with Crippen LogP contribution in [0.25, 0.3) is 5.70 Å². The molecule has 0 bridgehead atoms. The minimum atomic E-state index is -0.412. The van der Waals surface area contributed by atoms with Gasteiger partial charge in [-0.25, -0.2) is 5.84 Å². The number of hydrazine groups is 1. The summed E-state index contributed by atoms with van der Waals surface area (Å²) in [5.41, 5.74) is 9.11. The molecule has 3 atom stereocenters. The molecule has 0 aliphatic carbocycles. The minimum Gasteiger partial charge on any atom is -0.396 e. The number of allylic oxidation sites excluding steroid dienone is 1. The Balaban J connectivity index is 1.88. The third kappa shape index (κ3) is 6.27. The number of aliphatic hydroxyl groups is 1. The number of benzene rings is 1. The van der Waals surface area contributed by atoms with E-state index in [2.05, 4.69) is 69.5 Å². The molecule has 1 aliphatic rings. The summed E-state index contributed by atoms with van der Waals surface area (Å²) >= 11 is 3.38. The highest BCUT2D eigenvalue weighted by Gasteiger charge is 2.38. The van der Waals surface area contributed by atoms with Crippen molar-refractivity contribution < 1.29 is 5.11 Å². The molecule has 2 heterocycles. The van der Waals surface area contributed by atoms with Gasteiger partial charge in [-0.05, 0) is 42.3 Å². The molecule has 5 N–H and O–H groups in total. The Kier molecular flexibility index (Phi) is 9.31. The number of thiophene rings is 1. The Morgan fingerprint density at radius 1 is 1.32 bits per heavy atom. The maximum absolute atomic E-state index is 10.7. The van der Waals surface area contributed by atoms with E-state index in [0.717, 1.165) is 17.0 Å². The lowest BCUT2D eigenvalue weighted by atomic mass is 9.99. The molecule has 7 heteroatoms. The van der Waals surface area contributed by atoms with Crippen LogP contribution in [0.4, 0.5) is 0 Å². The van der Waals surface area contributed by atoms with E-state index in [1.54, 1.807) is 34.3 Å². The third-order valence-electron chi connectivity index (χ3n) is 6.09. The van der Waals surface area contributed by atoms with Crippen LogP contribution in [-0.2, 0) is 0 Å². The summed E-state index contributed by atoms with van der Waals surface area (Å²) in [7, 11) is 0. The second-order valence-electron chi connectivity index (χ2n) is 9.13. The van der Waals surface area contributed by atoms with E-state index < -0.39 is 6.10 Å². The zero-order valence-corrected chi connectivity index (χ0v) is 22.3. The van der Waals surface area contributed by atoms with Gasteiger partial charge in [0.25, 0.3) is 0 Å². The van der Waals surface area contributed by atoms with Crippen LogP contribution in [0.15, 0.2) is 76.1 Å². The first-order valence-corrected chi connectivity index (χ1v) is 13.5. The molecule has 0 radical (unpaired) electrons. The predicted molar refractivity (Wildman–Crippen MR) is 147 cm³/mol. The van der Waals surface area contributed by atoms with Gasteiger partial charge in [-0.1, -0.05) is 69.5 Å². The molecule has 1 saturated heterocycles. The van der Waals surface area contributed by atoms with Gasteiger partial charge in [0.15, 0.2) is 0 Å². The van der Waals surface area contributed by atoms with Crippen LogP contribution in [0.2, 0.25) is 0 Å². The number of aryl methyl sites for hydroxylation is 1. The van der Waals surface area contributed by atoms with Crippen LogP contribution in [0, 0.1) is 12.8 Å². The van der Waals surface area contributed by atoms with Gasteiger partial charge in [0.05, 0.1) is 28.8 Å². The van der Waals surface area contributed by atoms with Gasteiger partial charge in [-0.3, -0.25) is 0 Å². The molecule has 184 valence electrons. The van der Waals surface area contributed by atoms with Crippen molar-refractivity contribution in [3.05, 3.63) is 81.7 Å². The van der Waals surface area contributed by atoms with E-state index >= 15 is 0 Å². The highest BCUT2D eigenvalue weighted by molar-refractivity contribution is 8.03. The maximum atomic E-state index is 10.7. The van der Waals surface area contributed by atoms with Gasteiger partial charge in [0.2, 0.25) is 0 Å². The first-order valence-electron chi connectivity index (χ1n) is 11.8. The highest BCUT2D eigenvalue weighted by Crippen LogP contribution is 2.40. The van der Waals surface area contributed by atoms with Crippen molar-refractivity contribution in [1.29, 1.82) is 0 Å². The predicted octanol–water partition coefficient (Wildman–Crippen LogP) is 5.55. The largest absolute Gasteiger partial charge is 0.396 e. The van der Waals surface area contributed by atoms with Crippen LogP contribution < -0.4 is 11.6 Å². The lowest BCUT2D eigenvalue weighted by Crippen LogP contribution is -2.47. The maximum Gasteiger partial charge on any atom is 0.0860 e. The van der Waals surface area contributed by atoms with Crippen molar-refractivity contribution in [2.24, 2.45) is 17.5 Å². The molecule has 34 heavy (non-hydrogen) atoms. The fourth-order valence-corrected chi connectivity index (χ4v) is 6.35. The number of thioether (sulfide) groups is 1. The third-order valence-corrected chi connectivity index (χ3v) is 8.36. The molecule has 0 spiro atoms. The Morgan fingerprint density at radius 2 is 2.06 bits per heavy atom.